The first kappa shape index (κ1) is 22.7. The molecule has 1 atom stereocenters. The summed E-state index contributed by atoms with van der Waals surface area (Å²) in [5.74, 6) is 1.23. The fraction of sp³-hybridized carbons (Fsp3) is 0.680. The molecule has 1 saturated heterocycles. The van der Waals surface area contributed by atoms with Gasteiger partial charge >= 0.3 is 0 Å². The van der Waals surface area contributed by atoms with Gasteiger partial charge in [-0.25, -0.2) is 4.98 Å². The third-order valence-electron chi connectivity index (χ3n) is 6.92. The number of hydrogen-bond donors (Lipinski definition) is 0. The summed E-state index contributed by atoms with van der Waals surface area (Å²) in [6.07, 6.45) is 2.92. The van der Waals surface area contributed by atoms with E-state index in [-0.39, 0.29) is 35.7 Å². The van der Waals surface area contributed by atoms with Gasteiger partial charge in [0.25, 0.3) is 0 Å². The highest BCUT2D eigenvalue weighted by Gasteiger charge is 2.39. The van der Waals surface area contributed by atoms with Crippen LogP contribution in [0.25, 0.3) is 0 Å². The van der Waals surface area contributed by atoms with E-state index in [1.165, 1.54) is 6.92 Å². The Hall–Kier alpha value is -2.46. The first-order valence-corrected chi connectivity index (χ1v) is 11.7. The summed E-state index contributed by atoms with van der Waals surface area (Å²) in [5, 5.41) is 10.2. The van der Waals surface area contributed by atoms with E-state index in [1.807, 2.05) is 4.90 Å². The van der Waals surface area contributed by atoms with Crippen LogP contribution in [0.3, 0.4) is 0 Å². The predicted octanol–water partition coefficient (Wildman–Crippen LogP) is 3.33. The van der Waals surface area contributed by atoms with E-state index >= 15 is 0 Å². The van der Waals surface area contributed by atoms with Crippen LogP contribution in [0.5, 0.6) is 0 Å². The number of aromatic nitrogens is 1. The van der Waals surface area contributed by atoms with Crippen LogP contribution in [0.4, 0.5) is 5.82 Å². The van der Waals surface area contributed by atoms with E-state index in [4.69, 9.17) is 9.72 Å². The van der Waals surface area contributed by atoms with Gasteiger partial charge in [-0.3, -0.25) is 9.59 Å². The molecule has 3 heterocycles. The van der Waals surface area contributed by atoms with Crippen molar-refractivity contribution in [1.82, 2.24) is 9.88 Å². The summed E-state index contributed by atoms with van der Waals surface area (Å²) in [4.78, 5) is 33.3. The Balaban J connectivity index is 1.71. The molecule has 1 aromatic heterocycles. The lowest BCUT2D eigenvalue weighted by molar-refractivity contribution is -0.138. The van der Waals surface area contributed by atoms with E-state index in [9.17, 15) is 14.9 Å². The summed E-state index contributed by atoms with van der Waals surface area (Å²) >= 11 is 0. The van der Waals surface area contributed by atoms with Crippen molar-refractivity contribution in [1.29, 1.82) is 5.26 Å². The normalized spacial score (nSPS) is 22.5. The maximum Gasteiger partial charge on any atom is 0.230 e. The number of rotatable bonds is 5. The number of Topliss-reactive ketones (excluding diaryl/α,β-unsaturated/α-hetero) is 1. The minimum Gasteiger partial charge on any atom is -0.370 e. The van der Waals surface area contributed by atoms with Gasteiger partial charge in [0.05, 0.1) is 35.9 Å². The van der Waals surface area contributed by atoms with E-state index in [0.29, 0.717) is 44.1 Å². The van der Waals surface area contributed by atoms with Crippen molar-refractivity contribution in [3.05, 3.63) is 22.4 Å². The van der Waals surface area contributed by atoms with Gasteiger partial charge in [0.1, 0.15) is 17.7 Å². The average molecular weight is 439 g/mol. The van der Waals surface area contributed by atoms with Crippen molar-refractivity contribution in [3.63, 3.8) is 0 Å². The van der Waals surface area contributed by atoms with Gasteiger partial charge < -0.3 is 14.5 Å². The monoisotopic (exact) mass is 438 g/mol. The molecule has 0 aromatic carbocycles. The second-order valence-electron chi connectivity index (χ2n) is 10.5. The van der Waals surface area contributed by atoms with Gasteiger partial charge in [0.2, 0.25) is 5.91 Å². The molecule has 0 bridgehead atoms. The molecule has 32 heavy (non-hydrogen) atoms. The average Bonchev–Trinajstić information content (AvgIpc) is 3.56. The van der Waals surface area contributed by atoms with Gasteiger partial charge in [0, 0.05) is 37.5 Å². The summed E-state index contributed by atoms with van der Waals surface area (Å²) < 4.78 is 6.08. The van der Waals surface area contributed by atoms with Crippen molar-refractivity contribution >= 4 is 17.5 Å². The van der Waals surface area contributed by atoms with Crippen LogP contribution in [0.2, 0.25) is 0 Å². The maximum absolute atomic E-state index is 12.7. The molecule has 0 radical (unpaired) electrons. The molecule has 1 amide bonds. The third kappa shape index (κ3) is 4.38. The fourth-order valence-electron chi connectivity index (χ4n) is 5.02. The van der Waals surface area contributed by atoms with Crippen LogP contribution < -0.4 is 4.90 Å². The Kier molecular flexibility index (Phi) is 6.02. The van der Waals surface area contributed by atoms with Gasteiger partial charge in [-0.1, -0.05) is 13.8 Å². The van der Waals surface area contributed by atoms with Crippen molar-refractivity contribution in [2.24, 2.45) is 5.92 Å². The number of amides is 1. The van der Waals surface area contributed by atoms with E-state index in [2.05, 4.69) is 38.7 Å². The topological polar surface area (TPSA) is 86.5 Å². The Bertz CT molecular complexity index is 974. The lowest BCUT2D eigenvalue weighted by Crippen LogP contribution is -2.57. The van der Waals surface area contributed by atoms with Crippen molar-refractivity contribution in [3.8, 4) is 6.07 Å². The number of pyridine rings is 1. The zero-order chi connectivity index (χ0) is 23.2. The highest BCUT2D eigenvalue weighted by Crippen LogP contribution is 2.46. The van der Waals surface area contributed by atoms with Crippen molar-refractivity contribution < 1.29 is 14.3 Å². The van der Waals surface area contributed by atoms with E-state index in [0.717, 1.165) is 35.5 Å². The van der Waals surface area contributed by atoms with Crippen LogP contribution in [-0.2, 0) is 27.4 Å². The standard InChI is InChI=1S/C25H34N4O3/c1-15(2)21-13-28(8-9-29(21)22(31)10-16(3)30)24-19(12-26)18-11-25(4,5)32-14-20(18)23(27-24)17-6-7-17/h15,17,21H,6-11,13-14H2,1-5H3/t21-/m0/s1. The van der Waals surface area contributed by atoms with Crippen molar-refractivity contribution in [2.45, 2.75) is 84.5 Å². The zero-order valence-electron chi connectivity index (χ0n) is 19.9. The van der Waals surface area contributed by atoms with Crippen molar-refractivity contribution in [2.75, 3.05) is 24.5 Å². The van der Waals surface area contributed by atoms with Crippen LogP contribution in [-0.4, -0.2) is 52.9 Å². The first-order chi connectivity index (χ1) is 15.1. The number of hydrogen-bond acceptors (Lipinski definition) is 6. The van der Waals surface area contributed by atoms with Gasteiger partial charge in [-0.2, -0.15) is 5.26 Å². The van der Waals surface area contributed by atoms with E-state index < -0.39 is 0 Å². The molecular formula is C25H34N4O3. The third-order valence-corrected chi connectivity index (χ3v) is 6.92. The van der Waals surface area contributed by atoms with Crippen LogP contribution in [0.1, 0.15) is 82.2 Å². The molecule has 1 aliphatic carbocycles. The Labute approximate surface area is 190 Å². The number of carbonyl (C=O) groups excluding carboxylic acids is 2. The highest BCUT2D eigenvalue weighted by atomic mass is 16.5. The van der Waals surface area contributed by atoms with Crippen LogP contribution >= 0.6 is 0 Å². The second kappa shape index (κ2) is 8.47. The van der Waals surface area contributed by atoms with Gasteiger partial charge in [-0.15, -0.1) is 0 Å². The predicted molar refractivity (Wildman–Crippen MR) is 121 cm³/mol. The summed E-state index contributed by atoms with van der Waals surface area (Å²) in [6.45, 7) is 12.1. The summed E-state index contributed by atoms with van der Waals surface area (Å²) in [7, 11) is 0. The lowest BCUT2D eigenvalue weighted by Gasteiger charge is -2.44. The number of nitriles is 1. The minimum atomic E-state index is -0.309. The molecule has 1 aromatic rings. The smallest absolute Gasteiger partial charge is 0.230 e. The quantitative estimate of drug-likeness (QED) is 0.656. The molecule has 7 heteroatoms. The molecule has 1 saturated carbocycles. The van der Waals surface area contributed by atoms with E-state index in [1.54, 1.807) is 0 Å². The SMILES string of the molecule is CC(=O)CC(=O)N1CCN(c2nc(C3CC3)c3c(c2C#N)CC(C)(C)OC3)C[C@H]1C(C)C. The molecule has 3 aliphatic rings. The summed E-state index contributed by atoms with van der Waals surface area (Å²) in [6, 6.07) is 2.44. The van der Waals surface area contributed by atoms with Gasteiger partial charge in [0.15, 0.2) is 0 Å². The number of ketones is 1. The molecule has 0 spiro atoms. The molecule has 4 rings (SSSR count). The second-order valence-corrected chi connectivity index (χ2v) is 10.5. The molecule has 2 fully saturated rings. The minimum absolute atomic E-state index is 0.0240. The van der Waals surface area contributed by atoms with Gasteiger partial charge in [-0.05, 0) is 45.1 Å². The number of fused-ring (bicyclic) bond motifs is 1. The first-order valence-electron chi connectivity index (χ1n) is 11.7. The number of nitrogens with zero attached hydrogens (tertiary/aromatic N) is 4. The molecule has 7 nitrogen and oxygen atoms in total. The van der Waals surface area contributed by atoms with Crippen LogP contribution in [0, 0.1) is 17.2 Å². The van der Waals surface area contributed by atoms with Crippen LogP contribution in [0.15, 0.2) is 0 Å². The maximum atomic E-state index is 12.7. The molecule has 2 aliphatic heterocycles. The molecule has 0 N–H and O–H groups in total. The largest absolute Gasteiger partial charge is 0.370 e. The number of ether oxygens (including phenoxy) is 1. The molecular weight excluding hydrogens is 404 g/mol. The Morgan fingerprint density at radius 1 is 1.25 bits per heavy atom. The number of carbonyl (C=O) groups is 2. The fourth-order valence-corrected chi connectivity index (χ4v) is 5.02. The number of piperazine rings is 1. The Morgan fingerprint density at radius 3 is 2.56 bits per heavy atom. The Morgan fingerprint density at radius 2 is 1.97 bits per heavy atom. The lowest BCUT2D eigenvalue weighted by atomic mass is 9.87. The molecule has 172 valence electrons. The summed E-state index contributed by atoms with van der Waals surface area (Å²) in [5.41, 5.74) is 3.65. The number of anilines is 1. The zero-order valence-corrected chi connectivity index (χ0v) is 19.9. The highest BCUT2D eigenvalue weighted by molar-refractivity contribution is 5.97. The molecule has 0 unspecified atom stereocenters.